The van der Waals surface area contributed by atoms with Crippen LogP contribution < -0.4 is 10.5 Å². The molecule has 7 heteroatoms. The lowest BCUT2D eigenvalue weighted by atomic mass is 10.1. The van der Waals surface area contributed by atoms with Gasteiger partial charge in [0.15, 0.2) is 0 Å². The number of unbranched alkanes of at least 4 members (excludes halogenated alkanes) is 4. The first-order valence-corrected chi connectivity index (χ1v) is 13.8. The zero-order valence-electron chi connectivity index (χ0n) is 20.5. The fourth-order valence-corrected chi connectivity index (χ4v) is 4.26. The van der Waals surface area contributed by atoms with Crippen molar-refractivity contribution in [3.05, 3.63) is 66.3 Å². The molecule has 4 N–H and O–H groups in total. The fraction of sp³-hybridized carbons (Fsp3) is 0.519. The Labute approximate surface area is 206 Å². The van der Waals surface area contributed by atoms with Crippen molar-refractivity contribution in [2.24, 2.45) is 5.73 Å². The number of allylic oxidation sites excluding steroid dienone is 5. The van der Waals surface area contributed by atoms with Crippen molar-refractivity contribution in [2.45, 2.75) is 95.1 Å². The predicted octanol–water partition coefficient (Wildman–Crippen LogP) is 5.29. The van der Waals surface area contributed by atoms with Crippen molar-refractivity contribution < 1.29 is 18.3 Å². The monoisotopic (exact) mass is 490 g/mol. The molecule has 1 aromatic carbocycles. The molecule has 0 aliphatic carbocycles. The highest BCUT2D eigenvalue weighted by molar-refractivity contribution is 7.90. The lowest BCUT2D eigenvalue weighted by molar-refractivity contribution is -0.119. The molecule has 1 atom stereocenters. The van der Waals surface area contributed by atoms with Crippen molar-refractivity contribution in [1.29, 1.82) is 0 Å². The molecule has 0 aliphatic heterocycles. The number of nitrogens with one attached hydrogen (secondary N) is 1. The SMILES string of the molecule is CCCCC/C=C\C[C@H](O)CC/C=C\C/C=C\CCCC(=O)NS(=O)(=O)c1ccc(CN)cc1. The number of rotatable bonds is 18. The number of carbonyl (C=O) groups is 1. The molecule has 0 saturated heterocycles. The molecule has 0 bridgehead atoms. The van der Waals surface area contributed by atoms with Crippen LogP contribution in [0.5, 0.6) is 0 Å². The molecule has 0 saturated carbocycles. The average Bonchev–Trinajstić information content (AvgIpc) is 2.82. The van der Waals surface area contributed by atoms with Gasteiger partial charge in [0.1, 0.15) is 0 Å². The molecule has 0 aromatic heterocycles. The Morgan fingerprint density at radius 1 is 0.971 bits per heavy atom. The second-order valence-electron chi connectivity index (χ2n) is 8.38. The topological polar surface area (TPSA) is 109 Å². The zero-order chi connectivity index (χ0) is 25.1. The first kappa shape index (κ1) is 29.8. The third-order valence-electron chi connectivity index (χ3n) is 5.31. The summed E-state index contributed by atoms with van der Waals surface area (Å²) in [5.74, 6) is -0.509. The van der Waals surface area contributed by atoms with E-state index in [1.807, 2.05) is 12.2 Å². The van der Waals surface area contributed by atoms with E-state index in [4.69, 9.17) is 5.73 Å². The van der Waals surface area contributed by atoms with Crippen LogP contribution in [-0.4, -0.2) is 25.5 Å². The van der Waals surface area contributed by atoms with E-state index < -0.39 is 15.9 Å². The normalized spacial score (nSPS) is 13.3. The summed E-state index contributed by atoms with van der Waals surface area (Å²) in [6, 6.07) is 6.16. The smallest absolute Gasteiger partial charge is 0.264 e. The number of sulfonamides is 1. The maximum atomic E-state index is 12.2. The van der Waals surface area contributed by atoms with E-state index >= 15 is 0 Å². The van der Waals surface area contributed by atoms with Crippen LogP contribution in [0.4, 0.5) is 0 Å². The van der Waals surface area contributed by atoms with E-state index in [0.717, 1.165) is 37.7 Å². The summed E-state index contributed by atoms with van der Waals surface area (Å²) in [6.45, 7) is 2.52. The van der Waals surface area contributed by atoms with Crippen LogP contribution in [0.2, 0.25) is 0 Å². The minimum Gasteiger partial charge on any atom is -0.393 e. The molecule has 0 spiro atoms. The predicted molar refractivity (Wildman–Crippen MR) is 140 cm³/mol. The maximum Gasteiger partial charge on any atom is 0.264 e. The fourth-order valence-electron chi connectivity index (χ4n) is 3.24. The molecular formula is C27H42N2O4S. The number of aliphatic hydroxyl groups excluding tert-OH is 1. The minimum atomic E-state index is -3.85. The van der Waals surface area contributed by atoms with Gasteiger partial charge in [0.2, 0.25) is 5.91 Å². The Bertz CT molecular complexity index is 874. The second kappa shape index (κ2) is 18.2. The highest BCUT2D eigenvalue weighted by Gasteiger charge is 2.16. The highest BCUT2D eigenvalue weighted by atomic mass is 32.2. The Kier molecular flexibility index (Phi) is 15.9. The van der Waals surface area contributed by atoms with Gasteiger partial charge < -0.3 is 10.8 Å². The van der Waals surface area contributed by atoms with Crippen LogP contribution >= 0.6 is 0 Å². The van der Waals surface area contributed by atoms with Crippen molar-refractivity contribution in [3.63, 3.8) is 0 Å². The minimum absolute atomic E-state index is 0.0520. The van der Waals surface area contributed by atoms with E-state index in [0.29, 0.717) is 19.4 Å². The first-order chi connectivity index (χ1) is 16.4. The summed E-state index contributed by atoms with van der Waals surface area (Å²) in [4.78, 5) is 12.0. The van der Waals surface area contributed by atoms with Crippen molar-refractivity contribution in [1.82, 2.24) is 4.72 Å². The summed E-state index contributed by atoms with van der Waals surface area (Å²) in [5, 5.41) is 9.98. The van der Waals surface area contributed by atoms with Gasteiger partial charge >= 0.3 is 0 Å². The summed E-state index contributed by atoms with van der Waals surface area (Å²) in [7, 11) is -3.85. The summed E-state index contributed by atoms with van der Waals surface area (Å²) in [5.41, 5.74) is 6.33. The maximum absolute atomic E-state index is 12.2. The summed E-state index contributed by atoms with van der Waals surface area (Å²) < 4.78 is 26.6. The molecule has 190 valence electrons. The molecule has 0 fully saturated rings. The van der Waals surface area contributed by atoms with Crippen LogP contribution in [0.15, 0.2) is 65.6 Å². The van der Waals surface area contributed by atoms with Gasteiger partial charge in [0.05, 0.1) is 11.0 Å². The zero-order valence-corrected chi connectivity index (χ0v) is 21.3. The number of hydrogen-bond donors (Lipinski definition) is 3. The first-order valence-electron chi connectivity index (χ1n) is 12.4. The molecule has 0 heterocycles. The third kappa shape index (κ3) is 14.1. The highest BCUT2D eigenvalue weighted by Crippen LogP contribution is 2.11. The molecule has 1 amide bonds. The quantitative estimate of drug-likeness (QED) is 0.191. The van der Waals surface area contributed by atoms with E-state index in [-0.39, 0.29) is 17.4 Å². The molecule has 1 rings (SSSR count). The molecule has 1 aromatic rings. The van der Waals surface area contributed by atoms with Crippen LogP contribution in [0.25, 0.3) is 0 Å². The van der Waals surface area contributed by atoms with Gasteiger partial charge in [-0.05, 0) is 69.1 Å². The average molecular weight is 491 g/mol. The van der Waals surface area contributed by atoms with E-state index in [1.165, 1.54) is 31.4 Å². The van der Waals surface area contributed by atoms with E-state index in [9.17, 15) is 18.3 Å². The van der Waals surface area contributed by atoms with Crippen molar-refractivity contribution in [3.8, 4) is 0 Å². The molecule has 0 unspecified atom stereocenters. The summed E-state index contributed by atoms with van der Waals surface area (Å²) in [6.07, 6.45) is 21.5. The lowest BCUT2D eigenvalue weighted by Gasteiger charge is -2.07. The Morgan fingerprint density at radius 3 is 2.29 bits per heavy atom. The third-order valence-corrected chi connectivity index (χ3v) is 6.70. The number of benzene rings is 1. The number of aliphatic hydroxyl groups is 1. The van der Waals surface area contributed by atoms with Crippen molar-refractivity contribution >= 4 is 15.9 Å². The molecule has 0 radical (unpaired) electrons. The van der Waals surface area contributed by atoms with Gasteiger partial charge in [-0.15, -0.1) is 0 Å². The van der Waals surface area contributed by atoms with Crippen LogP contribution in [0.3, 0.4) is 0 Å². The molecular weight excluding hydrogens is 448 g/mol. The van der Waals surface area contributed by atoms with Gasteiger partial charge in [-0.25, -0.2) is 13.1 Å². The second-order valence-corrected chi connectivity index (χ2v) is 10.1. The van der Waals surface area contributed by atoms with Crippen LogP contribution in [0, 0.1) is 0 Å². The number of hydrogen-bond acceptors (Lipinski definition) is 5. The van der Waals surface area contributed by atoms with Gasteiger partial charge in [0.25, 0.3) is 10.0 Å². The van der Waals surface area contributed by atoms with Gasteiger partial charge in [-0.3, -0.25) is 4.79 Å². The van der Waals surface area contributed by atoms with Gasteiger partial charge in [-0.2, -0.15) is 0 Å². The van der Waals surface area contributed by atoms with Gasteiger partial charge in [-0.1, -0.05) is 68.4 Å². The van der Waals surface area contributed by atoms with Crippen LogP contribution in [0.1, 0.15) is 83.1 Å². The lowest BCUT2D eigenvalue weighted by Crippen LogP contribution is -2.30. The van der Waals surface area contributed by atoms with E-state index in [2.05, 4.69) is 35.9 Å². The number of carbonyl (C=O) groups excluding carboxylic acids is 1. The Balaban J connectivity index is 2.13. The van der Waals surface area contributed by atoms with Crippen LogP contribution in [-0.2, 0) is 21.4 Å². The molecule has 34 heavy (non-hydrogen) atoms. The largest absolute Gasteiger partial charge is 0.393 e. The van der Waals surface area contributed by atoms with Gasteiger partial charge in [0, 0.05) is 13.0 Å². The number of nitrogens with two attached hydrogens (primary N) is 1. The summed E-state index contributed by atoms with van der Waals surface area (Å²) >= 11 is 0. The Hall–Kier alpha value is -2.22. The Morgan fingerprint density at radius 2 is 1.62 bits per heavy atom. The standard InChI is InChI=1S/C27H42N2O4S/c1-2-3-4-5-10-13-16-25(30)17-14-11-8-6-7-9-12-15-18-27(31)29-34(32,33)26-21-19-24(23-28)20-22-26/h7-11,13,19-22,25,30H,2-6,12,14-18,23,28H2,1H3,(H,29,31)/b9-7-,11-8-,13-10-/t25-/m0/s1. The van der Waals surface area contributed by atoms with E-state index in [1.54, 1.807) is 12.1 Å². The molecule has 6 nitrogen and oxygen atoms in total. The number of amides is 1. The molecule has 0 aliphatic rings. The van der Waals surface area contributed by atoms with Crippen molar-refractivity contribution in [2.75, 3.05) is 0 Å².